The van der Waals surface area contributed by atoms with Crippen LogP contribution in [0.2, 0.25) is 0 Å². The first-order chi connectivity index (χ1) is 23.4. The summed E-state index contributed by atoms with van der Waals surface area (Å²) in [7, 11) is 0. The zero-order valence-corrected chi connectivity index (χ0v) is 27.1. The number of fused-ring (bicyclic) bond motifs is 4. The predicted octanol–water partition coefficient (Wildman–Crippen LogP) is 7.57. The quantitative estimate of drug-likeness (QED) is 0.101. The molecular weight excluding hydrogens is 598 g/mol. The molecule has 0 aliphatic carbocycles. The van der Waals surface area contributed by atoms with Gasteiger partial charge in [0.05, 0.1) is 11.1 Å². The van der Waals surface area contributed by atoms with Gasteiger partial charge < -0.3 is 5.32 Å². The molecule has 0 aromatic heterocycles. The molecule has 0 bridgehead atoms. The van der Waals surface area contributed by atoms with Crippen LogP contribution in [-0.4, -0.2) is 59.6 Å². The van der Waals surface area contributed by atoms with Crippen LogP contribution in [-0.2, 0) is 0 Å². The highest BCUT2D eigenvalue weighted by Crippen LogP contribution is 2.39. The summed E-state index contributed by atoms with van der Waals surface area (Å²) in [5.74, 6) is -0.944. The zero-order valence-electron chi connectivity index (χ0n) is 27.1. The number of nitrogens with zero attached hydrogens (tertiary/aromatic N) is 2. The Kier molecular flexibility index (Phi) is 7.30. The maximum Gasteiger partial charge on any atom is 0.261 e. The number of carbonyl (C=O) groups is 4. The van der Waals surface area contributed by atoms with Gasteiger partial charge in [-0.2, -0.15) is 0 Å². The molecule has 8 rings (SSSR count). The maximum atomic E-state index is 13.7. The number of aryl methyl sites for hydroxylation is 2. The van der Waals surface area contributed by atoms with E-state index in [2.05, 4.69) is 5.32 Å². The van der Waals surface area contributed by atoms with Crippen molar-refractivity contribution in [1.29, 1.82) is 0 Å². The average molecular weight is 634 g/mol. The number of hydrogen-bond acceptors (Lipinski definition) is 5. The van der Waals surface area contributed by atoms with Crippen LogP contribution in [0.15, 0.2) is 84.9 Å². The van der Waals surface area contributed by atoms with Gasteiger partial charge >= 0.3 is 0 Å². The van der Waals surface area contributed by atoms with E-state index < -0.39 is 0 Å². The number of benzene rings is 6. The van der Waals surface area contributed by atoms with Crippen molar-refractivity contribution in [1.82, 2.24) is 15.1 Å². The Hall–Kier alpha value is -5.40. The van der Waals surface area contributed by atoms with E-state index in [0.29, 0.717) is 61.3 Å². The molecule has 7 nitrogen and oxygen atoms in total. The second kappa shape index (κ2) is 11.7. The van der Waals surface area contributed by atoms with Crippen LogP contribution in [0, 0.1) is 13.8 Å². The third-order valence-corrected chi connectivity index (χ3v) is 10.2. The topological polar surface area (TPSA) is 86.8 Å². The molecular formula is C41H35N3O4. The molecule has 7 heteroatoms. The lowest BCUT2D eigenvalue weighted by atomic mass is 9.86. The number of rotatable bonds is 9. The van der Waals surface area contributed by atoms with Gasteiger partial charge in [0, 0.05) is 35.0 Å². The third kappa shape index (κ3) is 4.45. The summed E-state index contributed by atoms with van der Waals surface area (Å²) in [5.41, 5.74) is 4.22. The molecule has 238 valence electrons. The highest BCUT2D eigenvalue weighted by Gasteiger charge is 2.36. The number of imide groups is 2. The fourth-order valence-corrected chi connectivity index (χ4v) is 7.88. The van der Waals surface area contributed by atoms with Crippen molar-refractivity contribution < 1.29 is 19.2 Å². The summed E-state index contributed by atoms with van der Waals surface area (Å²) in [6.45, 7) is 5.93. The SMILES string of the molecule is Cc1c2c3c(cccc3c3ccccc13)C(=O)N(CCCCNCCCN1C(=O)c3cccc4c3c(c(C)c3ccccc34)C1=O)C2=O. The first-order valence-corrected chi connectivity index (χ1v) is 16.7. The van der Waals surface area contributed by atoms with Gasteiger partial charge in [0.2, 0.25) is 0 Å². The molecule has 0 spiro atoms. The lowest BCUT2D eigenvalue weighted by Crippen LogP contribution is -2.42. The first-order valence-electron chi connectivity index (χ1n) is 16.7. The maximum absolute atomic E-state index is 13.7. The lowest BCUT2D eigenvalue weighted by molar-refractivity contribution is 0.0591. The minimum Gasteiger partial charge on any atom is -0.317 e. The molecule has 4 amide bonds. The van der Waals surface area contributed by atoms with E-state index in [-0.39, 0.29) is 23.6 Å². The van der Waals surface area contributed by atoms with E-state index in [1.165, 1.54) is 9.80 Å². The number of hydrogen-bond donors (Lipinski definition) is 1. The Morgan fingerprint density at radius 1 is 0.458 bits per heavy atom. The molecule has 0 unspecified atom stereocenters. The molecule has 2 heterocycles. The van der Waals surface area contributed by atoms with E-state index >= 15 is 0 Å². The summed E-state index contributed by atoms with van der Waals surface area (Å²) in [4.78, 5) is 57.3. The van der Waals surface area contributed by atoms with Crippen molar-refractivity contribution in [2.24, 2.45) is 0 Å². The molecule has 0 saturated carbocycles. The van der Waals surface area contributed by atoms with Crippen LogP contribution in [0.25, 0.3) is 43.1 Å². The zero-order chi connectivity index (χ0) is 33.1. The molecule has 6 aromatic rings. The van der Waals surface area contributed by atoms with Crippen molar-refractivity contribution in [2.75, 3.05) is 26.2 Å². The van der Waals surface area contributed by atoms with Crippen LogP contribution in [0.1, 0.15) is 71.8 Å². The van der Waals surface area contributed by atoms with Gasteiger partial charge in [0.25, 0.3) is 23.6 Å². The van der Waals surface area contributed by atoms with Gasteiger partial charge in [-0.25, -0.2) is 0 Å². The Labute approximate surface area is 278 Å². The summed E-state index contributed by atoms with van der Waals surface area (Å²) >= 11 is 0. The number of carbonyl (C=O) groups excluding carboxylic acids is 4. The van der Waals surface area contributed by atoms with Gasteiger partial charge in [-0.05, 0) is 102 Å². The van der Waals surface area contributed by atoms with E-state index in [9.17, 15) is 19.2 Å². The number of nitrogens with one attached hydrogen (secondary N) is 1. The smallest absolute Gasteiger partial charge is 0.261 e. The van der Waals surface area contributed by atoms with Gasteiger partial charge in [0.1, 0.15) is 0 Å². The Balaban J connectivity index is 0.886. The minimum absolute atomic E-state index is 0.226. The normalized spacial score (nSPS) is 14.4. The van der Waals surface area contributed by atoms with Gasteiger partial charge in [-0.3, -0.25) is 29.0 Å². The largest absolute Gasteiger partial charge is 0.317 e. The van der Waals surface area contributed by atoms with Crippen LogP contribution < -0.4 is 5.32 Å². The average Bonchev–Trinajstić information content (AvgIpc) is 3.11. The standard InChI is InChI=1S/C41H35N3O4/c1-24-26-12-3-5-14-28(26)30-16-9-18-32-36(30)34(24)40(47)43(38(32)45)22-8-7-20-42-21-11-23-44-39(46)33-19-10-17-31-29-15-6-4-13-27(29)25(2)35(37(31)33)41(44)48/h3-6,9-10,12-19,42H,7-8,11,20-23H2,1-2H3. The van der Waals surface area contributed by atoms with Crippen LogP contribution >= 0.6 is 0 Å². The number of amides is 4. The molecule has 0 atom stereocenters. The molecule has 2 aliphatic heterocycles. The monoisotopic (exact) mass is 633 g/mol. The van der Waals surface area contributed by atoms with Crippen LogP contribution in [0.5, 0.6) is 0 Å². The van der Waals surface area contributed by atoms with Gasteiger partial charge in [0.15, 0.2) is 0 Å². The Bertz CT molecular complexity index is 2210. The van der Waals surface area contributed by atoms with Crippen molar-refractivity contribution in [2.45, 2.75) is 33.1 Å². The molecule has 0 saturated heterocycles. The summed E-state index contributed by atoms with van der Waals surface area (Å²) in [5, 5.41) is 11.0. The molecule has 0 fully saturated rings. The first kappa shape index (κ1) is 30.0. The lowest BCUT2D eigenvalue weighted by Gasteiger charge is -2.29. The highest BCUT2D eigenvalue weighted by molar-refractivity contribution is 6.31. The molecule has 2 aliphatic rings. The Morgan fingerprint density at radius 2 is 0.875 bits per heavy atom. The van der Waals surface area contributed by atoms with Crippen LogP contribution in [0.3, 0.4) is 0 Å². The van der Waals surface area contributed by atoms with Crippen molar-refractivity contribution in [3.05, 3.63) is 118 Å². The summed E-state index contributed by atoms with van der Waals surface area (Å²) < 4.78 is 0. The third-order valence-electron chi connectivity index (χ3n) is 10.2. The molecule has 0 radical (unpaired) electrons. The van der Waals surface area contributed by atoms with Crippen molar-refractivity contribution in [3.8, 4) is 0 Å². The van der Waals surface area contributed by atoms with E-state index in [1.54, 1.807) is 0 Å². The van der Waals surface area contributed by atoms with Gasteiger partial charge in [-0.1, -0.05) is 72.8 Å². The second-order valence-electron chi connectivity index (χ2n) is 12.9. The number of unbranched alkanes of at least 4 members (excludes halogenated alkanes) is 1. The molecule has 1 N–H and O–H groups in total. The Morgan fingerprint density at radius 3 is 1.38 bits per heavy atom. The van der Waals surface area contributed by atoms with E-state index in [1.807, 2.05) is 98.8 Å². The van der Waals surface area contributed by atoms with Crippen LogP contribution in [0.4, 0.5) is 0 Å². The summed E-state index contributed by atoms with van der Waals surface area (Å²) in [6, 6.07) is 27.5. The molecule has 48 heavy (non-hydrogen) atoms. The highest BCUT2D eigenvalue weighted by atomic mass is 16.2. The van der Waals surface area contributed by atoms with Crippen molar-refractivity contribution in [3.63, 3.8) is 0 Å². The summed E-state index contributed by atoms with van der Waals surface area (Å²) in [6.07, 6.45) is 2.06. The predicted molar refractivity (Wildman–Crippen MR) is 190 cm³/mol. The van der Waals surface area contributed by atoms with E-state index in [4.69, 9.17) is 0 Å². The fraction of sp³-hybridized carbons (Fsp3) is 0.220. The minimum atomic E-state index is -0.246. The molecule has 6 aromatic carbocycles. The van der Waals surface area contributed by atoms with Gasteiger partial charge in [-0.15, -0.1) is 0 Å². The fourth-order valence-electron chi connectivity index (χ4n) is 7.88. The van der Waals surface area contributed by atoms with Crippen molar-refractivity contribution >= 4 is 66.7 Å². The van der Waals surface area contributed by atoms with E-state index in [0.717, 1.165) is 60.6 Å². The second-order valence-corrected chi connectivity index (χ2v) is 12.9.